The molecule has 1 N–H and O–H groups in total. The number of aliphatic hydroxyl groups excluding tert-OH is 1. The zero-order valence-corrected chi connectivity index (χ0v) is 14.4. The van der Waals surface area contributed by atoms with E-state index in [9.17, 15) is 14.7 Å². The first-order valence-electron chi connectivity index (χ1n) is 7.75. The Bertz CT molecular complexity index is 609. The highest BCUT2D eigenvalue weighted by Gasteiger charge is 2.42. The van der Waals surface area contributed by atoms with Crippen LogP contribution in [0.5, 0.6) is 0 Å². The summed E-state index contributed by atoms with van der Waals surface area (Å²) in [6.45, 7) is 3.89. The van der Waals surface area contributed by atoms with Crippen LogP contribution in [0.3, 0.4) is 0 Å². The summed E-state index contributed by atoms with van der Waals surface area (Å²) in [4.78, 5) is 24.6. The van der Waals surface area contributed by atoms with Crippen molar-refractivity contribution in [3.05, 3.63) is 47.2 Å². The van der Waals surface area contributed by atoms with Gasteiger partial charge in [-0.25, -0.2) is 4.79 Å². The lowest BCUT2D eigenvalue weighted by atomic mass is 9.90. The first-order valence-corrected chi connectivity index (χ1v) is 9.04. The molecule has 3 unspecified atom stereocenters. The molecule has 4 nitrogen and oxygen atoms in total. The summed E-state index contributed by atoms with van der Waals surface area (Å²) in [7, 11) is 0. The Kier molecular flexibility index (Phi) is 5.88. The van der Waals surface area contributed by atoms with Crippen LogP contribution in [0.2, 0.25) is 0 Å². The molecule has 1 aromatic rings. The molecule has 0 aromatic heterocycles. The van der Waals surface area contributed by atoms with Gasteiger partial charge in [0.05, 0.1) is 0 Å². The van der Waals surface area contributed by atoms with E-state index in [0.717, 1.165) is 5.56 Å². The molecule has 3 atom stereocenters. The summed E-state index contributed by atoms with van der Waals surface area (Å²) >= 11 is 1.61. The summed E-state index contributed by atoms with van der Waals surface area (Å²) in [5.41, 5.74) is 0.695. The lowest BCUT2D eigenvalue weighted by Gasteiger charge is -2.15. The molecule has 0 radical (unpaired) electrons. The van der Waals surface area contributed by atoms with Crippen molar-refractivity contribution in [1.29, 1.82) is 0 Å². The van der Waals surface area contributed by atoms with Crippen molar-refractivity contribution in [3.63, 3.8) is 0 Å². The molecule has 1 aliphatic rings. The molecule has 1 saturated heterocycles. The Morgan fingerprint density at radius 2 is 1.96 bits per heavy atom. The minimum absolute atomic E-state index is 0.173. The van der Waals surface area contributed by atoms with E-state index in [0.29, 0.717) is 12.8 Å². The molecule has 5 heteroatoms. The fourth-order valence-corrected chi connectivity index (χ4v) is 3.10. The van der Waals surface area contributed by atoms with E-state index < -0.39 is 17.9 Å². The fraction of sp³-hybridized carbons (Fsp3) is 0.444. The molecule has 0 saturated carbocycles. The molecule has 0 spiro atoms. The first kappa shape index (κ1) is 17.6. The molecule has 1 fully saturated rings. The molecular formula is C18H22O4S. The van der Waals surface area contributed by atoms with Gasteiger partial charge >= 0.3 is 5.97 Å². The molecule has 1 aliphatic heterocycles. The quantitative estimate of drug-likeness (QED) is 0.372. The largest absolute Gasteiger partial charge is 0.511 e. The van der Waals surface area contributed by atoms with Crippen LogP contribution in [0.25, 0.3) is 0 Å². The van der Waals surface area contributed by atoms with Crippen LogP contribution in [-0.4, -0.2) is 34.5 Å². The van der Waals surface area contributed by atoms with Crippen molar-refractivity contribution < 1.29 is 19.4 Å². The van der Waals surface area contributed by atoms with Crippen molar-refractivity contribution in [2.45, 2.75) is 44.0 Å². The number of benzene rings is 1. The minimum atomic E-state index is -0.782. The number of rotatable bonds is 6. The highest BCUT2D eigenvalue weighted by Crippen LogP contribution is 2.33. The Balaban J connectivity index is 2.31. The second kappa shape index (κ2) is 7.68. The van der Waals surface area contributed by atoms with E-state index in [1.165, 1.54) is 0 Å². The van der Waals surface area contributed by atoms with Gasteiger partial charge in [-0.05, 0) is 18.2 Å². The number of hydrogen-bond donors (Lipinski definition) is 1. The molecule has 0 aliphatic carbocycles. The number of allylic oxidation sites excluding steroid dienone is 1. The maximum Gasteiger partial charge on any atom is 0.346 e. The Morgan fingerprint density at radius 3 is 2.52 bits per heavy atom. The average molecular weight is 334 g/mol. The van der Waals surface area contributed by atoms with Gasteiger partial charge in [0.25, 0.3) is 0 Å². The monoisotopic (exact) mass is 334 g/mol. The van der Waals surface area contributed by atoms with Gasteiger partial charge in [0.1, 0.15) is 11.3 Å². The molecule has 124 valence electrons. The predicted octanol–water partition coefficient (Wildman–Crippen LogP) is 3.63. The summed E-state index contributed by atoms with van der Waals surface area (Å²) in [6, 6.07) is 9.38. The molecule has 0 bridgehead atoms. The number of hydrogen-bond acceptors (Lipinski definition) is 5. The van der Waals surface area contributed by atoms with Gasteiger partial charge in [0.15, 0.2) is 6.10 Å². The van der Waals surface area contributed by atoms with Crippen LogP contribution >= 0.6 is 11.8 Å². The number of carbonyl (C=O) groups is 2. The summed E-state index contributed by atoms with van der Waals surface area (Å²) in [5, 5.41) is 10.8. The van der Waals surface area contributed by atoms with Gasteiger partial charge in [-0.15, -0.1) is 0 Å². The predicted molar refractivity (Wildman–Crippen MR) is 91.6 cm³/mol. The number of esters is 1. The molecule has 2 rings (SSSR count). The van der Waals surface area contributed by atoms with E-state index in [4.69, 9.17) is 4.74 Å². The summed E-state index contributed by atoms with van der Waals surface area (Å²) in [5.74, 6) is -1.66. The van der Waals surface area contributed by atoms with Crippen LogP contribution in [0.4, 0.5) is 0 Å². The summed E-state index contributed by atoms with van der Waals surface area (Å²) < 4.78 is 5.19. The minimum Gasteiger partial charge on any atom is -0.511 e. The van der Waals surface area contributed by atoms with E-state index >= 15 is 0 Å². The highest BCUT2D eigenvalue weighted by atomic mass is 32.2. The van der Waals surface area contributed by atoms with Crippen molar-refractivity contribution in [2.24, 2.45) is 0 Å². The number of aliphatic hydroxyl groups is 1. The lowest BCUT2D eigenvalue weighted by Crippen LogP contribution is -2.21. The van der Waals surface area contributed by atoms with Crippen LogP contribution < -0.4 is 0 Å². The molecule has 1 heterocycles. The third-order valence-corrected chi connectivity index (χ3v) is 5.13. The van der Waals surface area contributed by atoms with Gasteiger partial charge < -0.3 is 9.84 Å². The van der Waals surface area contributed by atoms with Gasteiger partial charge in [0, 0.05) is 17.6 Å². The third-order valence-electron chi connectivity index (χ3n) is 4.14. The Morgan fingerprint density at radius 1 is 1.30 bits per heavy atom. The second-order valence-corrected chi connectivity index (χ2v) is 6.95. The fourth-order valence-electron chi connectivity index (χ4n) is 2.73. The van der Waals surface area contributed by atoms with Crippen LogP contribution in [-0.2, 0) is 14.3 Å². The van der Waals surface area contributed by atoms with Crippen LogP contribution in [0.15, 0.2) is 41.7 Å². The number of cyclic esters (lactones) is 1. The van der Waals surface area contributed by atoms with Gasteiger partial charge in [-0.1, -0.05) is 44.2 Å². The topological polar surface area (TPSA) is 63.6 Å². The smallest absolute Gasteiger partial charge is 0.346 e. The van der Waals surface area contributed by atoms with E-state index in [1.54, 1.807) is 11.8 Å². The number of thioether (sulfide) groups is 1. The first-order chi connectivity index (χ1) is 11.0. The normalized spacial score (nSPS) is 22.7. The van der Waals surface area contributed by atoms with E-state index in [1.807, 2.05) is 50.4 Å². The van der Waals surface area contributed by atoms with Crippen molar-refractivity contribution in [3.8, 4) is 0 Å². The standard InChI is InChI=1S/C18H22O4S/c1-4-13(12-8-6-5-7-9-12)16(19)15-17(20)14(22-18(15)21)10-11(2)23-3/h5-9,11,13-14,19H,4,10H2,1-3H3/b16-15+. The number of ketones is 1. The molecular weight excluding hydrogens is 312 g/mol. The Labute approximate surface area is 140 Å². The van der Waals surface area contributed by atoms with Gasteiger partial charge in [-0.2, -0.15) is 11.8 Å². The Hall–Kier alpha value is -1.75. The average Bonchev–Trinajstić information content (AvgIpc) is 2.82. The van der Waals surface area contributed by atoms with Gasteiger partial charge in [-0.3, -0.25) is 4.79 Å². The van der Waals surface area contributed by atoms with Crippen molar-refractivity contribution >= 4 is 23.5 Å². The zero-order chi connectivity index (χ0) is 17.0. The maximum atomic E-state index is 12.5. The lowest BCUT2D eigenvalue weighted by molar-refractivity contribution is -0.141. The van der Waals surface area contributed by atoms with Gasteiger partial charge in [0.2, 0.25) is 5.78 Å². The molecule has 23 heavy (non-hydrogen) atoms. The number of Topliss-reactive ketones (excluding diaryl/α,β-unsaturated/α-hetero) is 1. The van der Waals surface area contributed by atoms with Crippen molar-refractivity contribution in [2.75, 3.05) is 6.26 Å². The van der Waals surface area contributed by atoms with E-state index in [2.05, 4.69) is 0 Å². The highest BCUT2D eigenvalue weighted by molar-refractivity contribution is 7.99. The number of ether oxygens (including phenoxy) is 1. The van der Waals surface area contributed by atoms with Crippen LogP contribution in [0, 0.1) is 0 Å². The maximum absolute atomic E-state index is 12.5. The van der Waals surface area contributed by atoms with E-state index in [-0.39, 0.29) is 22.5 Å². The summed E-state index contributed by atoms with van der Waals surface area (Å²) in [6.07, 6.45) is 2.22. The SMILES string of the molecule is CCC(/C(O)=C1\C(=O)OC(CC(C)SC)C1=O)c1ccccc1. The third kappa shape index (κ3) is 3.78. The van der Waals surface area contributed by atoms with Crippen LogP contribution in [0.1, 0.15) is 38.2 Å². The van der Waals surface area contributed by atoms with Crippen molar-refractivity contribution in [1.82, 2.24) is 0 Å². The zero-order valence-electron chi connectivity index (χ0n) is 13.6. The molecule has 1 aromatic carbocycles. The second-order valence-electron chi connectivity index (χ2n) is 5.67. The molecule has 0 amide bonds. The number of carbonyl (C=O) groups excluding carboxylic acids is 2.